The summed E-state index contributed by atoms with van der Waals surface area (Å²) in [5.41, 5.74) is -5.46. The lowest BCUT2D eigenvalue weighted by Crippen LogP contribution is -2.19. The predicted octanol–water partition coefficient (Wildman–Crippen LogP) is 2.78. The number of aromatic amines is 1. The molecule has 2 aromatic rings. The normalized spacial score (nSPS) is 11.8. The summed E-state index contributed by atoms with van der Waals surface area (Å²) in [5, 5.41) is 38.9. The first kappa shape index (κ1) is 18.5. The maximum atomic E-state index is 13.1. The van der Waals surface area contributed by atoms with E-state index in [4.69, 9.17) is 0 Å². The number of allylic oxidation sites excluding steroid dienone is 1. The van der Waals surface area contributed by atoms with Gasteiger partial charge in [0.25, 0.3) is 0 Å². The molecule has 0 saturated heterocycles. The summed E-state index contributed by atoms with van der Waals surface area (Å²) in [6.07, 6.45) is -3.44. The third-order valence-corrected chi connectivity index (χ3v) is 3.23. The number of pyridine rings is 1. The maximum Gasteiger partial charge on any atom is 0.432 e. The number of halogens is 3. The highest BCUT2D eigenvalue weighted by molar-refractivity contribution is 5.91. The molecule has 0 saturated carbocycles. The largest absolute Gasteiger partial charge is 0.504 e. The van der Waals surface area contributed by atoms with Crippen LogP contribution in [0.25, 0.3) is 11.6 Å². The van der Waals surface area contributed by atoms with Crippen molar-refractivity contribution in [1.29, 1.82) is 5.26 Å². The molecule has 1 heterocycles. The first-order valence-corrected chi connectivity index (χ1v) is 6.67. The molecule has 134 valence electrons. The van der Waals surface area contributed by atoms with E-state index in [1.165, 1.54) is 6.07 Å². The second-order valence-electron chi connectivity index (χ2n) is 4.92. The molecule has 0 aliphatic heterocycles. The molecule has 0 amide bonds. The second kappa shape index (κ2) is 6.60. The monoisotopic (exact) mass is 367 g/mol. The fourth-order valence-corrected chi connectivity index (χ4v) is 2.15. The van der Waals surface area contributed by atoms with Crippen molar-refractivity contribution in [2.75, 3.05) is 0 Å². The second-order valence-corrected chi connectivity index (χ2v) is 4.92. The summed E-state index contributed by atoms with van der Waals surface area (Å²) in [7, 11) is 0. The quantitative estimate of drug-likeness (QED) is 0.330. The van der Waals surface area contributed by atoms with E-state index in [1.807, 2.05) is 4.98 Å². The van der Waals surface area contributed by atoms with Gasteiger partial charge in [-0.05, 0) is 17.7 Å². The third kappa shape index (κ3) is 3.48. The molecule has 0 bridgehead atoms. The number of rotatable bonds is 3. The van der Waals surface area contributed by atoms with Gasteiger partial charge in [0.15, 0.2) is 11.2 Å². The zero-order chi connectivity index (χ0) is 19.6. The molecular weight excluding hydrogens is 359 g/mol. The van der Waals surface area contributed by atoms with Gasteiger partial charge in [0.2, 0.25) is 5.75 Å². The van der Waals surface area contributed by atoms with Crippen molar-refractivity contribution < 1.29 is 28.3 Å². The number of phenolic OH excluding ortho intramolecular Hbond substituents is 2. The molecule has 26 heavy (non-hydrogen) atoms. The van der Waals surface area contributed by atoms with Gasteiger partial charge < -0.3 is 15.2 Å². The summed E-state index contributed by atoms with van der Waals surface area (Å²) in [5.74, 6) is -1.96. The van der Waals surface area contributed by atoms with Crippen LogP contribution in [-0.2, 0) is 6.18 Å². The maximum absolute atomic E-state index is 13.1. The number of aromatic nitrogens is 1. The van der Waals surface area contributed by atoms with E-state index in [0.29, 0.717) is 0 Å². The number of hydrogen-bond acceptors (Lipinski definition) is 6. The third-order valence-electron chi connectivity index (χ3n) is 3.23. The molecule has 2 rings (SSSR count). The number of benzene rings is 1. The van der Waals surface area contributed by atoms with Crippen molar-refractivity contribution in [2.45, 2.75) is 6.18 Å². The van der Waals surface area contributed by atoms with E-state index >= 15 is 0 Å². The highest BCUT2D eigenvalue weighted by atomic mass is 19.4. The van der Waals surface area contributed by atoms with Crippen molar-refractivity contribution in [1.82, 2.24) is 4.98 Å². The van der Waals surface area contributed by atoms with Gasteiger partial charge in [-0.2, -0.15) is 18.4 Å². The number of nitriles is 1. The number of alkyl halides is 3. The molecule has 0 radical (unpaired) electrons. The van der Waals surface area contributed by atoms with Crippen LogP contribution >= 0.6 is 0 Å². The smallest absolute Gasteiger partial charge is 0.432 e. The number of nitrogens with zero attached hydrogens (tertiary/aromatic N) is 2. The molecule has 1 aromatic carbocycles. The number of nitro benzene ring substituents is 1. The molecule has 0 spiro atoms. The Kier molecular flexibility index (Phi) is 4.70. The Hall–Kier alpha value is -3.81. The van der Waals surface area contributed by atoms with Crippen LogP contribution in [0.3, 0.4) is 0 Å². The average Bonchev–Trinajstić information content (AvgIpc) is 2.54. The van der Waals surface area contributed by atoms with Crippen LogP contribution < -0.4 is 5.43 Å². The summed E-state index contributed by atoms with van der Waals surface area (Å²) in [6.45, 7) is 0. The zero-order valence-corrected chi connectivity index (χ0v) is 12.5. The van der Waals surface area contributed by atoms with Gasteiger partial charge in [-0.15, -0.1) is 0 Å². The molecule has 0 fully saturated rings. The Morgan fingerprint density at radius 2 is 2.00 bits per heavy atom. The minimum absolute atomic E-state index is 0.264. The van der Waals surface area contributed by atoms with Crippen molar-refractivity contribution in [3.63, 3.8) is 0 Å². The van der Waals surface area contributed by atoms with Crippen LogP contribution in [0.5, 0.6) is 11.5 Å². The van der Waals surface area contributed by atoms with E-state index < -0.39 is 50.5 Å². The highest BCUT2D eigenvalue weighted by Gasteiger charge is 2.36. The van der Waals surface area contributed by atoms with Crippen molar-refractivity contribution in [3.8, 4) is 17.6 Å². The fourth-order valence-electron chi connectivity index (χ4n) is 2.15. The molecule has 1 aromatic heterocycles. The lowest BCUT2D eigenvalue weighted by atomic mass is 10.0. The van der Waals surface area contributed by atoms with E-state index in [0.717, 1.165) is 30.5 Å². The van der Waals surface area contributed by atoms with Crippen LogP contribution in [-0.4, -0.2) is 20.1 Å². The van der Waals surface area contributed by atoms with Crippen LogP contribution in [0.15, 0.2) is 29.2 Å². The van der Waals surface area contributed by atoms with Gasteiger partial charge in [0.1, 0.15) is 5.69 Å². The molecular formula is C15H8F3N3O5. The lowest BCUT2D eigenvalue weighted by molar-refractivity contribution is -0.386. The van der Waals surface area contributed by atoms with Crippen LogP contribution in [0.2, 0.25) is 0 Å². The molecule has 0 unspecified atom stereocenters. The Bertz CT molecular complexity index is 1020. The van der Waals surface area contributed by atoms with Gasteiger partial charge in [-0.25, -0.2) is 0 Å². The summed E-state index contributed by atoms with van der Waals surface area (Å²) >= 11 is 0. The van der Waals surface area contributed by atoms with Crippen LogP contribution in [0.4, 0.5) is 18.9 Å². The Morgan fingerprint density at radius 3 is 2.54 bits per heavy atom. The molecule has 11 heteroatoms. The van der Waals surface area contributed by atoms with Crippen LogP contribution in [0, 0.1) is 21.4 Å². The Labute approximate surface area is 142 Å². The van der Waals surface area contributed by atoms with Gasteiger partial charge in [0, 0.05) is 18.3 Å². The summed E-state index contributed by atoms with van der Waals surface area (Å²) < 4.78 is 39.2. The number of aromatic hydroxyl groups is 2. The Balaban J connectivity index is 2.75. The van der Waals surface area contributed by atoms with Crippen molar-refractivity contribution >= 4 is 17.3 Å². The number of nitro groups is 1. The number of H-pyrrole nitrogens is 1. The fraction of sp³-hybridized carbons (Fsp3) is 0.0667. The SMILES string of the molecule is N#C/C(=C\c1cc(O)c(O)c([N+](=O)[O-])c1)c1c(C(F)(F)F)[nH]ccc1=O. The predicted molar refractivity (Wildman–Crippen MR) is 82.0 cm³/mol. The number of phenols is 2. The molecule has 8 nitrogen and oxygen atoms in total. The minimum atomic E-state index is -4.96. The van der Waals surface area contributed by atoms with Gasteiger partial charge in [-0.3, -0.25) is 14.9 Å². The standard InChI is InChI=1S/C15H8F3N3O5/c16-15(17,18)14-12(10(22)1-2-20-14)8(6-19)3-7-4-9(21(25)26)13(24)11(23)5-7/h1-5,23-24H,(H,20,22)/b8-3+. The first-order valence-electron chi connectivity index (χ1n) is 6.67. The van der Waals surface area contributed by atoms with Crippen molar-refractivity contribution in [3.05, 3.63) is 61.6 Å². The average molecular weight is 367 g/mol. The number of hydrogen-bond donors (Lipinski definition) is 3. The lowest BCUT2D eigenvalue weighted by Gasteiger charge is -2.11. The van der Waals surface area contributed by atoms with E-state index in [9.17, 15) is 43.6 Å². The van der Waals surface area contributed by atoms with Crippen LogP contribution in [0.1, 0.15) is 16.8 Å². The summed E-state index contributed by atoms with van der Waals surface area (Å²) in [6, 6.07) is 3.74. The van der Waals surface area contributed by atoms with Gasteiger partial charge in [0.05, 0.1) is 22.1 Å². The number of nitrogens with one attached hydrogen (secondary N) is 1. The minimum Gasteiger partial charge on any atom is -0.504 e. The molecule has 0 aliphatic rings. The topological polar surface area (TPSA) is 140 Å². The van der Waals surface area contributed by atoms with Gasteiger partial charge >= 0.3 is 11.9 Å². The first-order chi connectivity index (χ1) is 12.1. The van der Waals surface area contributed by atoms with Gasteiger partial charge in [-0.1, -0.05) is 0 Å². The zero-order valence-electron chi connectivity index (χ0n) is 12.5. The molecule has 0 aliphatic carbocycles. The molecule has 0 atom stereocenters. The van der Waals surface area contributed by atoms with E-state index in [1.54, 1.807) is 0 Å². The van der Waals surface area contributed by atoms with E-state index in [2.05, 4.69) is 0 Å². The Morgan fingerprint density at radius 1 is 1.35 bits per heavy atom. The summed E-state index contributed by atoms with van der Waals surface area (Å²) in [4.78, 5) is 23.5. The van der Waals surface area contributed by atoms with E-state index in [-0.39, 0.29) is 5.56 Å². The van der Waals surface area contributed by atoms with Crippen molar-refractivity contribution in [2.24, 2.45) is 0 Å². The molecule has 3 N–H and O–H groups in total. The highest BCUT2D eigenvalue weighted by Crippen LogP contribution is 2.37.